The number of thiophene rings is 1. The summed E-state index contributed by atoms with van der Waals surface area (Å²) in [7, 11) is 0. The summed E-state index contributed by atoms with van der Waals surface area (Å²) in [5.74, 6) is -0.926. The molecular formula is C14H20N2O3S. The van der Waals surface area contributed by atoms with Crippen molar-refractivity contribution in [2.45, 2.75) is 44.1 Å². The third-order valence-electron chi connectivity index (χ3n) is 3.75. The molecule has 110 valence electrons. The highest BCUT2D eigenvalue weighted by molar-refractivity contribution is 7.07. The van der Waals surface area contributed by atoms with Gasteiger partial charge in [0.05, 0.1) is 0 Å². The van der Waals surface area contributed by atoms with Gasteiger partial charge in [0.1, 0.15) is 5.54 Å². The first-order valence-electron chi connectivity index (χ1n) is 6.93. The summed E-state index contributed by atoms with van der Waals surface area (Å²) in [6.45, 7) is 0.512. The number of carboxylic acids is 1. The Kier molecular flexibility index (Phi) is 5.00. The third kappa shape index (κ3) is 3.72. The van der Waals surface area contributed by atoms with Gasteiger partial charge in [-0.2, -0.15) is 11.3 Å². The summed E-state index contributed by atoms with van der Waals surface area (Å²) >= 11 is 1.62. The van der Waals surface area contributed by atoms with E-state index in [0.717, 1.165) is 25.7 Å². The van der Waals surface area contributed by atoms with E-state index in [1.54, 1.807) is 11.3 Å². The average Bonchev–Trinajstić information content (AvgIpc) is 2.93. The molecule has 2 rings (SSSR count). The maximum atomic E-state index is 11.9. The van der Waals surface area contributed by atoms with Gasteiger partial charge in [0.25, 0.3) is 0 Å². The summed E-state index contributed by atoms with van der Waals surface area (Å²) in [6.07, 6.45) is 4.52. The van der Waals surface area contributed by atoms with Gasteiger partial charge in [-0.25, -0.2) is 9.59 Å². The first-order valence-corrected chi connectivity index (χ1v) is 7.87. The fourth-order valence-corrected chi connectivity index (χ4v) is 3.27. The Morgan fingerprint density at radius 3 is 2.65 bits per heavy atom. The minimum absolute atomic E-state index is 0.385. The lowest BCUT2D eigenvalue weighted by atomic mass is 9.82. The predicted octanol–water partition coefficient (Wildman–Crippen LogP) is 2.38. The van der Waals surface area contributed by atoms with E-state index in [9.17, 15) is 14.7 Å². The first-order chi connectivity index (χ1) is 9.62. The Morgan fingerprint density at radius 2 is 2.05 bits per heavy atom. The molecule has 1 aromatic heterocycles. The number of aliphatic carboxylic acids is 1. The summed E-state index contributed by atoms with van der Waals surface area (Å²) in [6, 6.07) is 1.63. The van der Waals surface area contributed by atoms with E-state index < -0.39 is 11.5 Å². The normalized spacial score (nSPS) is 17.4. The van der Waals surface area contributed by atoms with Crippen molar-refractivity contribution in [3.05, 3.63) is 22.4 Å². The Bertz CT molecular complexity index is 453. The highest BCUT2D eigenvalue weighted by atomic mass is 32.1. The van der Waals surface area contributed by atoms with Crippen LogP contribution in [0.25, 0.3) is 0 Å². The van der Waals surface area contributed by atoms with Gasteiger partial charge >= 0.3 is 12.0 Å². The van der Waals surface area contributed by atoms with E-state index in [1.807, 2.05) is 16.8 Å². The number of hydrogen-bond donors (Lipinski definition) is 3. The summed E-state index contributed by atoms with van der Waals surface area (Å²) in [5.41, 5.74) is 0.103. The topological polar surface area (TPSA) is 78.4 Å². The van der Waals surface area contributed by atoms with Crippen LogP contribution in [-0.2, 0) is 11.2 Å². The standard InChI is InChI=1S/C14H20N2O3S/c17-12(18)14(6-2-1-3-7-14)16-13(19)15-8-4-11-5-9-20-10-11/h5,9-10H,1-4,6-8H2,(H,17,18)(H2,15,16,19). The molecule has 1 fully saturated rings. The van der Waals surface area contributed by atoms with Crippen LogP contribution in [0.2, 0.25) is 0 Å². The highest BCUT2D eigenvalue weighted by Crippen LogP contribution is 2.28. The lowest BCUT2D eigenvalue weighted by molar-refractivity contribution is -0.145. The van der Waals surface area contributed by atoms with Crippen LogP contribution in [0.5, 0.6) is 0 Å². The van der Waals surface area contributed by atoms with Crippen LogP contribution in [0, 0.1) is 0 Å². The zero-order valence-corrected chi connectivity index (χ0v) is 12.2. The van der Waals surface area contributed by atoms with E-state index in [-0.39, 0.29) is 6.03 Å². The molecule has 1 aliphatic carbocycles. The van der Waals surface area contributed by atoms with Crippen LogP contribution >= 0.6 is 11.3 Å². The highest BCUT2D eigenvalue weighted by Gasteiger charge is 2.40. The largest absolute Gasteiger partial charge is 0.480 e. The van der Waals surface area contributed by atoms with Gasteiger partial charge in [-0.05, 0) is 41.7 Å². The molecule has 6 heteroatoms. The fourth-order valence-electron chi connectivity index (χ4n) is 2.56. The van der Waals surface area contributed by atoms with Crippen molar-refractivity contribution in [1.29, 1.82) is 0 Å². The predicted molar refractivity (Wildman–Crippen MR) is 78.0 cm³/mol. The van der Waals surface area contributed by atoms with Crippen molar-refractivity contribution in [2.75, 3.05) is 6.54 Å². The SMILES string of the molecule is O=C(NCCc1ccsc1)NC1(C(=O)O)CCCCC1. The lowest BCUT2D eigenvalue weighted by Crippen LogP contribution is -2.58. The van der Waals surface area contributed by atoms with E-state index in [4.69, 9.17) is 0 Å². The molecule has 1 aromatic rings. The van der Waals surface area contributed by atoms with Crippen LogP contribution in [0.3, 0.4) is 0 Å². The Morgan fingerprint density at radius 1 is 1.30 bits per heavy atom. The minimum Gasteiger partial charge on any atom is -0.480 e. The smallest absolute Gasteiger partial charge is 0.329 e. The second kappa shape index (κ2) is 6.74. The zero-order valence-electron chi connectivity index (χ0n) is 11.4. The quantitative estimate of drug-likeness (QED) is 0.780. The number of hydrogen-bond acceptors (Lipinski definition) is 3. The van der Waals surface area contributed by atoms with Gasteiger partial charge in [-0.15, -0.1) is 0 Å². The number of amides is 2. The molecule has 20 heavy (non-hydrogen) atoms. The Balaban J connectivity index is 1.81. The first kappa shape index (κ1) is 14.8. The van der Waals surface area contributed by atoms with Crippen molar-refractivity contribution in [2.24, 2.45) is 0 Å². The fraction of sp³-hybridized carbons (Fsp3) is 0.571. The van der Waals surface area contributed by atoms with Gasteiger partial charge in [0.15, 0.2) is 0 Å². The van der Waals surface area contributed by atoms with Crippen molar-refractivity contribution < 1.29 is 14.7 Å². The van der Waals surface area contributed by atoms with E-state index in [0.29, 0.717) is 19.4 Å². The van der Waals surface area contributed by atoms with E-state index in [2.05, 4.69) is 10.6 Å². The second-order valence-corrected chi connectivity index (χ2v) is 5.99. The Labute approximate surface area is 122 Å². The van der Waals surface area contributed by atoms with Crippen molar-refractivity contribution >= 4 is 23.3 Å². The summed E-state index contributed by atoms with van der Waals surface area (Å²) in [5, 5.41) is 18.8. The van der Waals surface area contributed by atoms with Crippen LogP contribution in [-0.4, -0.2) is 29.2 Å². The molecule has 0 spiro atoms. The minimum atomic E-state index is -1.08. The second-order valence-electron chi connectivity index (χ2n) is 5.21. The van der Waals surface area contributed by atoms with E-state index >= 15 is 0 Å². The maximum Gasteiger partial charge on any atom is 0.329 e. The number of carboxylic acid groups (broad SMARTS) is 1. The molecule has 3 N–H and O–H groups in total. The van der Waals surface area contributed by atoms with Crippen molar-refractivity contribution in [3.63, 3.8) is 0 Å². The third-order valence-corrected chi connectivity index (χ3v) is 4.48. The lowest BCUT2D eigenvalue weighted by Gasteiger charge is -2.33. The van der Waals surface area contributed by atoms with Crippen molar-refractivity contribution in [3.8, 4) is 0 Å². The average molecular weight is 296 g/mol. The molecule has 0 aromatic carbocycles. The molecule has 1 heterocycles. The zero-order chi connectivity index (χ0) is 14.4. The maximum absolute atomic E-state index is 11.9. The molecule has 0 radical (unpaired) electrons. The molecular weight excluding hydrogens is 276 g/mol. The molecule has 0 bridgehead atoms. The molecule has 2 amide bonds. The summed E-state index contributed by atoms with van der Waals surface area (Å²) < 4.78 is 0. The number of carbonyl (C=O) groups is 2. The van der Waals surface area contributed by atoms with Crippen LogP contribution in [0.1, 0.15) is 37.7 Å². The van der Waals surface area contributed by atoms with Crippen LogP contribution in [0.4, 0.5) is 4.79 Å². The van der Waals surface area contributed by atoms with Crippen LogP contribution < -0.4 is 10.6 Å². The van der Waals surface area contributed by atoms with Gasteiger partial charge in [0.2, 0.25) is 0 Å². The molecule has 0 aliphatic heterocycles. The Hall–Kier alpha value is -1.56. The van der Waals surface area contributed by atoms with Gasteiger partial charge < -0.3 is 15.7 Å². The number of carbonyl (C=O) groups excluding carboxylic acids is 1. The molecule has 0 saturated heterocycles. The monoisotopic (exact) mass is 296 g/mol. The number of rotatable bonds is 5. The molecule has 1 aliphatic rings. The number of nitrogens with one attached hydrogen (secondary N) is 2. The van der Waals surface area contributed by atoms with Gasteiger partial charge in [-0.3, -0.25) is 0 Å². The number of urea groups is 1. The van der Waals surface area contributed by atoms with Crippen LogP contribution in [0.15, 0.2) is 16.8 Å². The van der Waals surface area contributed by atoms with Gasteiger partial charge in [0, 0.05) is 6.54 Å². The van der Waals surface area contributed by atoms with Crippen molar-refractivity contribution in [1.82, 2.24) is 10.6 Å². The molecule has 0 atom stereocenters. The summed E-state index contributed by atoms with van der Waals surface area (Å²) in [4.78, 5) is 23.3. The molecule has 5 nitrogen and oxygen atoms in total. The molecule has 0 unspecified atom stereocenters. The van der Waals surface area contributed by atoms with Gasteiger partial charge in [-0.1, -0.05) is 19.3 Å². The van der Waals surface area contributed by atoms with E-state index in [1.165, 1.54) is 5.56 Å². The molecule has 1 saturated carbocycles.